The van der Waals surface area contributed by atoms with Crippen molar-refractivity contribution in [2.45, 2.75) is 8.87 Å². The molecular weight excluding hydrogens is 195 g/mol. The van der Waals surface area contributed by atoms with Crippen LogP contribution in [0.25, 0.3) is 0 Å². The highest BCUT2D eigenvalue weighted by molar-refractivity contribution is 9.11. The molecule has 2 unspecified atom stereocenters. The standard InChI is InChI=1S/C4H4BrClS/c5-3-1-2-4(6)7-3/h1-4H. The summed E-state index contributed by atoms with van der Waals surface area (Å²) in [6, 6.07) is 0. The van der Waals surface area contributed by atoms with Gasteiger partial charge in [-0.15, -0.1) is 23.4 Å². The minimum atomic E-state index is 0.185. The summed E-state index contributed by atoms with van der Waals surface area (Å²) in [5, 5.41) is 0. The normalized spacial score (nSPS) is 39.7. The number of halogens is 2. The second kappa shape index (κ2) is 2.42. The van der Waals surface area contributed by atoms with Crippen LogP contribution in [0.2, 0.25) is 0 Å². The lowest BCUT2D eigenvalue weighted by Gasteiger charge is -1.94. The van der Waals surface area contributed by atoms with Crippen LogP contribution in [0.3, 0.4) is 0 Å². The zero-order valence-corrected chi connectivity index (χ0v) is 6.63. The Balaban J connectivity index is 2.42. The summed E-state index contributed by atoms with van der Waals surface area (Å²) < 4.78 is 0.624. The van der Waals surface area contributed by atoms with Crippen LogP contribution in [-0.2, 0) is 0 Å². The van der Waals surface area contributed by atoms with Crippen molar-refractivity contribution in [3.8, 4) is 0 Å². The molecule has 0 bridgehead atoms. The lowest BCUT2D eigenvalue weighted by atomic mass is 10.6. The van der Waals surface area contributed by atoms with Crippen molar-refractivity contribution in [1.29, 1.82) is 0 Å². The van der Waals surface area contributed by atoms with Gasteiger partial charge in [-0.2, -0.15) is 0 Å². The van der Waals surface area contributed by atoms with Crippen LogP contribution in [0.15, 0.2) is 12.2 Å². The van der Waals surface area contributed by atoms with Crippen molar-refractivity contribution < 1.29 is 0 Å². The first-order valence-corrected chi connectivity index (χ1v) is 4.20. The molecule has 0 aromatic carbocycles. The van der Waals surface area contributed by atoms with Crippen LogP contribution in [0.4, 0.5) is 0 Å². The Kier molecular flexibility index (Phi) is 2.07. The summed E-state index contributed by atoms with van der Waals surface area (Å²) in [6.07, 6.45) is 4.02. The molecule has 0 aliphatic carbocycles. The lowest BCUT2D eigenvalue weighted by Crippen LogP contribution is -1.79. The quantitative estimate of drug-likeness (QED) is 0.427. The van der Waals surface area contributed by atoms with Gasteiger partial charge in [0, 0.05) is 0 Å². The molecule has 0 radical (unpaired) electrons. The first-order chi connectivity index (χ1) is 3.29. The predicted octanol–water partition coefficient (Wildman–Crippen LogP) is 2.58. The van der Waals surface area contributed by atoms with E-state index >= 15 is 0 Å². The van der Waals surface area contributed by atoms with Crippen molar-refractivity contribution in [1.82, 2.24) is 0 Å². The van der Waals surface area contributed by atoms with Gasteiger partial charge in [0.15, 0.2) is 0 Å². The van der Waals surface area contributed by atoms with Gasteiger partial charge < -0.3 is 0 Å². The average molecular weight is 200 g/mol. The van der Waals surface area contributed by atoms with E-state index in [4.69, 9.17) is 11.6 Å². The minimum Gasteiger partial charge on any atom is -0.119 e. The van der Waals surface area contributed by atoms with Gasteiger partial charge in [0.05, 0.1) is 8.87 Å². The minimum absolute atomic E-state index is 0.185. The summed E-state index contributed by atoms with van der Waals surface area (Å²) in [4.78, 5) is 0. The van der Waals surface area contributed by atoms with Gasteiger partial charge >= 0.3 is 0 Å². The van der Waals surface area contributed by atoms with E-state index in [0.29, 0.717) is 4.16 Å². The fourth-order valence-electron chi connectivity index (χ4n) is 0.390. The van der Waals surface area contributed by atoms with E-state index in [0.717, 1.165) is 0 Å². The number of hydrogen-bond donors (Lipinski definition) is 0. The molecule has 7 heavy (non-hydrogen) atoms. The van der Waals surface area contributed by atoms with Crippen LogP contribution >= 0.6 is 39.3 Å². The molecule has 0 aromatic rings. The summed E-state index contributed by atoms with van der Waals surface area (Å²) in [6.45, 7) is 0. The monoisotopic (exact) mass is 198 g/mol. The zero-order chi connectivity index (χ0) is 5.28. The summed E-state index contributed by atoms with van der Waals surface area (Å²) in [5.74, 6) is 0. The first kappa shape index (κ1) is 5.99. The smallest absolute Gasteiger partial charge is 0.0984 e. The molecule has 2 atom stereocenters. The number of thioether (sulfide) groups is 1. The average Bonchev–Trinajstić information content (AvgIpc) is 1.87. The highest BCUT2D eigenvalue weighted by atomic mass is 79.9. The zero-order valence-electron chi connectivity index (χ0n) is 3.47. The summed E-state index contributed by atoms with van der Waals surface area (Å²) >= 11 is 10.7. The molecule has 0 saturated carbocycles. The Morgan fingerprint density at radius 1 is 1.57 bits per heavy atom. The third kappa shape index (κ3) is 1.67. The fraction of sp³-hybridized carbons (Fsp3) is 0.500. The Hall–Kier alpha value is 0.860. The molecule has 0 N–H and O–H groups in total. The van der Waals surface area contributed by atoms with E-state index in [1.807, 2.05) is 12.2 Å². The van der Waals surface area contributed by atoms with E-state index in [-0.39, 0.29) is 4.71 Å². The predicted molar refractivity (Wildman–Crippen MR) is 39.1 cm³/mol. The number of alkyl halides is 2. The van der Waals surface area contributed by atoms with Crippen LogP contribution < -0.4 is 0 Å². The Morgan fingerprint density at radius 3 is 2.43 bits per heavy atom. The van der Waals surface area contributed by atoms with Crippen molar-refractivity contribution in [2.24, 2.45) is 0 Å². The molecule has 0 saturated heterocycles. The lowest BCUT2D eigenvalue weighted by molar-refractivity contribution is 1.66. The molecule has 1 aliphatic heterocycles. The molecule has 0 amide bonds. The summed E-state index contributed by atoms with van der Waals surface area (Å²) in [5.41, 5.74) is 0. The van der Waals surface area contributed by atoms with Gasteiger partial charge in [-0.05, 0) is 0 Å². The maximum Gasteiger partial charge on any atom is 0.0984 e. The van der Waals surface area contributed by atoms with E-state index in [9.17, 15) is 0 Å². The topological polar surface area (TPSA) is 0 Å². The van der Waals surface area contributed by atoms with E-state index in [1.54, 1.807) is 11.8 Å². The summed E-state index contributed by atoms with van der Waals surface area (Å²) in [7, 11) is 0. The Labute approximate surface area is 60.4 Å². The molecule has 0 nitrogen and oxygen atoms in total. The third-order valence-electron chi connectivity index (χ3n) is 0.674. The molecular formula is C4H4BrClS. The molecule has 1 aliphatic rings. The van der Waals surface area contributed by atoms with Gasteiger partial charge in [0.2, 0.25) is 0 Å². The molecule has 40 valence electrons. The van der Waals surface area contributed by atoms with Gasteiger partial charge in [-0.1, -0.05) is 28.1 Å². The molecule has 1 rings (SSSR count). The van der Waals surface area contributed by atoms with E-state index in [1.165, 1.54) is 0 Å². The van der Waals surface area contributed by atoms with Crippen LogP contribution in [0, 0.1) is 0 Å². The molecule has 1 heterocycles. The molecule has 3 heteroatoms. The van der Waals surface area contributed by atoms with Crippen molar-refractivity contribution in [2.75, 3.05) is 0 Å². The second-order valence-electron chi connectivity index (χ2n) is 1.22. The van der Waals surface area contributed by atoms with Gasteiger partial charge in [0.1, 0.15) is 0 Å². The maximum absolute atomic E-state index is 5.65. The highest BCUT2D eigenvalue weighted by Crippen LogP contribution is 2.32. The maximum atomic E-state index is 5.65. The van der Waals surface area contributed by atoms with Gasteiger partial charge in [-0.25, -0.2) is 0 Å². The SMILES string of the molecule is ClC1C=CC(Br)S1. The van der Waals surface area contributed by atoms with Crippen LogP contribution in [0.5, 0.6) is 0 Å². The molecule has 0 spiro atoms. The van der Waals surface area contributed by atoms with Crippen molar-refractivity contribution in [3.05, 3.63) is 12.2 Å². The van der Waals surface area contributed by atoms with E-state index < -0.39 is 0 Å². The van der Waals surface area contributed by atoms with Crippen molar-refractivity contribution in [3.63, 3.8) is 0 Å². The molecule has 0 fully saturated rings. The van der Waals surface area contributed by atoms with Crippen molar-refractivity contribution >= 4 is 39.3 Å². The van der Waals surface area contributed by atoms with Gasteiger partial charge in [0.25, 0.3) is 0 Å². The largest absolute Gasteiger partial charge is 0.119 e. The number of hydrogen-bond acceptors (Lipinski definition) is 1. The Bertz CT molecular complexity index is 83.7. The van der Waals surface area contributed by atoms with Gasteiger partial charge in [-0.3, -0.25) is 0 Å². The first-order valence-electron chi connectivity index (χ1n) is 1.91. The van der Waals surface area contributed by atoms with Crippen LogP contribution in [-0.4, -0.2) is 8.87 Å². The third-order valence-corrected chi connectivity index (χ3v) is 2.91. The fourth-order valence-corrected chi connectivity index (χ4v) is 2.66. The highest BCUT2D eigenvalue weighted by Gasteiger charge is 2.12. The molecule has 0 aromatic heterocycles. The van der Waals surface area contributed by atoms with Crippen LogP contribution in [0.1, 0.15) is 0 Å². The van der Waals surface area contributed by atoms with E-state index in [2.05, 4.69) is 15.9 Å². The second-order valence-corrected chi connectivity index (χ2v) is 4.83. The Morgan fingerprint density at radius 2 is 2.29 bits per heavy atom. The number of rotatable bonds is 0.